The van der Waals surface area contributed by atoms with Crippen molar-refractivity contribution >= 4 is 5.78 Å². The van der Waals surface area contributed by atoms with Crippen molar-refractivity contribution in [1.29, 1.82) is 0 Å². The van der Waals surface area contributed by atoms with Crippen LogP contribution in [-0.4, -0.2) is 25.8 Å². The minimum Gasteiger partial charge on any atom is -0.293 e. The quantitative estimate of drug-likeness (QED) is 0.712. The molecule has 1 aliphatic rings. The molecular formula is C16H16N4. The van der Waals surface area contributed by atoms with E-state index in [-0.39, 0.29) is 0 Å². The van der Waals surface area contributed by atoms with E-state index in [9.17, 15) is 0 Å². The Labute approximate surface area is 117 Å². The fraction of sp³-hybridized carbons (Fsp3) is 0.250. The van der Waals surface area contributed by atoms with Gasteiger partial charge in [-0.1, -0.05) is 24.3 Å². The molecule has 3 heterocycles. The summed E-state index contributed by atoms with van der Waals surface area (Å²) in [5.41, 5.74) is 4.02. The average Bonchev–Trinajstić information content (AvgIpc) is 2.89. The Balaban J connectivity index is 1.55. The highest BCUT2D eigenvalue weighted by molar-refractivity contribution is 5.31. The first-order valence-electron chi connectivity index (χ1n) is 6.96. The van der Waals surface area contributed by atoms with Gasteiger partial charge in [0.1, 0.15) is 0 Å². The Morgan fingerprint density at radius 2 is 2.00 bits per heavy atom. The van der Waals surface area contributed by atoms with E-state index in [1.807, 2.05) is 16.7 Å². The molecule has 0 amide bonds. The Morgan fingerprint density at radius 3 is 2.90 bits per heavy atom. The second kappa shape index (κ2) is 4.72. The summed E-state index contributed by atoms with van der Waals surface area (Å²) in [6.45, 7) is 2.99. The van der Waals surface area contributed by atoms with E-state index < -0.39 is 0 Å². The van der Waals surface area contributed by atoms with Gasteiger partial charge in [-0.15, -0.1) is 0 Å². The van der Waals surface area contributed by atoms with Gasteiger partial charge < -0.3 is 0 Å². The first-order chi connectivity index (χ1) is 9.88. The fourth-order valence-corrected chi connectivity index (χ4v) is 2.87. The van der Waals surface area contributed by atoms with Crippen molar-refractivity contribution in [2.24, 2.45) is 0 Å². The van der Waals surface area contributed by atoms with Crippen LogP contribution in [0, 0.1) is 0 Å². The van der Waals surface area contributed by atoms with Crippen LogP contribution in [0.1, 0.15) is 16.8 Å². The summed E-state index contributed by atoms with van der Waals surface area (Å²) in [7, 11) is 0. The summed E-state index contributed by atoms with van der Waals surface area (Å²) < 4.78 is 1.98. The van der Waals surface area contributed by atoms with Gasteiger partial charge >= 0.3 is 0 Å². The molecule has 20 heavy (non-hydrogen) atoms. The zero-order valence-electron chi connectivity index (χ0n) is 11.2. The molecule has 0 fully saturated rings. The van der Waals surface area contributed by atoms with Crippen LogP contribution in [0.3, 0.4) is 0 Å². The summed E-state index contributed by atoms with van der Waals surface area (Å²) in [6, 6.07) is 10.6. The van der Waals surface area contributed by atoms with Gasteiger partial charge in [0.05, 0.1) is 5.69 Å². The molecule has 1 aromatic carbocycles. The van der Waals surface area contributed by atoms with Crippen molar-refractivity contribution in [2.45, 2.75) is 19.5 Å². The topological polar surface area (TPSA) is 33.4 Å². The fourth-order valence-electron chi connectivity index (χ4n) is 2.87. The summed E-state index contributed by atoms with van der Waals surface area (Å²) >= 11 is 0. The molecule has 100 valence electrons. The molecule has 3 aromatic rings. The number of rotatable bonds is 2. The standard InChI is InChI=1S/C16H16N4/c1-2-5-14-10-19(9-6-13(14)4-1)11-15-12-20-8-3-7-17-16(20)18-15/h1-5,7-8,12H,6,9-11H2. The summed E-state index contributed by atoms with van der Waals surface area (Å²) in [6.07, 6.45) is 6.97. The number of aromatic nitrogens is 3. The van der Waals surface area contributed by atoms with Gasteiger partial charge in [0.15, 0.2) is 0 Å². The van der Waals surface area contributed by atoms with E-state index in [1.54, 1.807) is 6.20 Å². The lowest BCUT2D eigenvalue weighted by Gasteiger charge is -2.27. The van der Waals surface area contributed by atoms with E-state index in [0.717, 1.165) is 37.5 Å². The van der Waals surface area contributed by atoms with Gasteiger partial charge in [0, 0.05) is 38.2 Å². The normalized spacial score (nSPS) is 15.4. The zero-order valence-corrected chi connectivity index (χ0v) is 11.2. The zero-order chi connectivity index (χ0) is 13.4. The average molecular weight is 264 g/mol. The third-order valence-electron chi connectivity index (χ3n) is 3.88. The minimum absolute atomic E-state index is 0.778. The highest BCUT2D eigenvalue weighted by atomic mass is 15.2. The number of hydrogen-bond acceptors (Lipinski definition) is 3. The van der Waals surface area contributed by atoms with E-state index in [4.69, 9.17) is 0 Å². The van der Waals surface area contributed by atoms with Gasteiger partial charge in [-0.2, -0.15) is 0 Å². The number of benzene rings is 1. The number of fused-ring (bicyclic) bond motifs is 2. The van der Waals surface area contributed by atoms with Crippen LogP contribution in [-0.2, 0) is 19.5 Å². The minimum atomic E-state index is 0.778. The first-order valence-corrected chi connectivity index (χ1v) is 6.96. The maximum Gasteiger partial charge on any atom is 0.233 e. The van der Waals surface area contributed by atoms with Gasteiger partial charge in [0.2, 0.25) is 5.78 Å². The van der Waals surface area contributed by atoms with Crippen LogP contribution >= 0.6 is 0 Å². The highest BCUT2D eigenvalue weighted by Gasteiger charge is 2.16. The molecule has 0 atom stereocenters. The molecule has 0 bridgehead atoms. The SMILES string of the molecule is c1ccc2c(c1)CCN(Cc1cn3cccnc3n1)C2. The molecule has 2 aromatic heterocycles. The first kappa shape index (κ1) is 11.6. The molecule has 0 unspecified atom stereocenters. The molecular weight excluding hydrogens is 248 g/mol. The summed E-state index contributed by atoms with van der Waals surface area (Å²) in [5, 5.41) is 0. The van der Waals surface area contributed by atoms with E-state index in [1.165, 1.54) is 11.1 Å². The lowest BCUT2D eigenvalue weighted by atomic mass is 10.00. The smallest absolute Gasteiger partial charge is 0.233 e. The molecule has 0 spiro atoms. The second-order valence-electron chi connectivity index (χ2n) is 5.29. The van der Waals surface area contributed by atoms with E-state index in [2.05, 4.69) is 45.3 Å². The lowest BCUT2D eigenvalue weighted by molar-refractivity contribution is 0.243. The number of hydrogen-bond donors (Lipinski definition) is 0. The molecule has 0 N–H and O–H groups in total. The van der Waals surface area contributed by atoms with Crippen LogP contribution in [0.15, 0.2) is 48.9 Å². The van der Waals surface area contributed by atoms with Gasteiger partial charge in [-0.25, -0.2) is 9.97 Å². The Bertz CT molecular complexity index is 714. The van der Waals surface area contributed by atoms with Crippen LogP contribution in [0.25, 0.3) is 5.78 Å². The monoisotopic (exact) mass is 264 g/mol. The van der Waals surface area contributed by atoms with Crippen LogP contribution in [0.4, 0.5) is 0 Å². The van der Waals surface area contributed by atoms with Crippen molar-refractivity contribution in [2.75, 3.05) is 6.54 Å². The van der Waals surface area contributed by atoms with Crippen molar-refractivity contribution in [3.8, 4) is 0 Å². The Morgan fingerprint density at radius 1 is 1.10 bits per heavy atom. The Hall–Kier alpha value is -2.20. The molecule has 4 nitrogen and oxygen atoms in total. The predicted molar refractivity (Wildman–Crippen MR) is 77.2 cm³/mol. The summed E-state index contributed by atoms with van der Waals surface area (Å²) in [5.74, 6) is 0.778. The predicted octanol–water partition coefficient (Wildman–Crippen LogP) is 2.29. The molecule has 4 heteroatoms. The highest BCUT2D eigenvalue weighted by Crippen LogP contribution is 2.19. The van der Waals surface area contributed by atoms with Gasteiger partial charge in [-0.05, 0) is 23.6 Å². The molecule has 0 radical (unpaired) electrons. The number of imidazole rings is 1. The number of nitrogens with zero attached hydrogens (tertiary/aromatic N) is 4. The molecule has 0 aliphatic carbocycles. The van der Waals surface area contributed by atoms with E-state index >= 15 is 0 Å². The van der Waals surface area contributed by atoms with Gasteiger partial charge in [-0.3, -0.25) is 9.30 Å². The van der Waals surface area contributed by atoms with Crippen molar-refractivity contribution in [3.05, 3.63) is 65.7 Å². The molecule has 0 saturated carbocycles. The largest absolute Gasteiger partial charge is 0.293 e. The third kappa shape index (κ3) is 2.08. The molecule has 1 aliphatic heterocycles. The van der Waals surface area contributed by atoms with Crippen LogP contribution in [0.5, 0.6) is 0 Å². The van der Waals surface area contributed by atoms with E-state index in [0.29, 0.717) is 0 Å². The van der Waals surface area contributed by atoms with Crippen molar-refractivity contribution < 1.29 is 0 Å². The lowest BCUT2D eigenvalue weighted by Crippen LogP contribution is -2.30. The van der Waals surface area contributed by atoms with Crippen molar-refractivity contribution in [3.63, 3.8) is 0 Å². The second-order valence-corrected chi connectivity index (χ2v) is 5.29. The molecule has 4 rings (SSSR count). The van der Waals surface area contributed by atoms with Crippen LogP contribution in [0.2, 0.25) is 0 Å². The van der Waals surface area contributed by atoms with Crippen molar-refractivity contribution in [1.82, 2.24) is 19.3 Å². The maximum atomic E-state index is 4.57. The molecule has 0 saturated heterocycles. The van der Waals surface area contributed by atoms with Gasteiger partial charge in [0.25, 0.3) is 0 Å². The summed E-state index contributed by atoms with van der Waals surface area (Å²) in [4.78, 5) is 11.3. The Kier molecular flexibility index (Phi) is 2.74. The maximum absolute atomic E-state index is 4.57. The third-order valence-corrected chi connectivity index (χ3v) is 3.88. The van der Waals surface area contributed by atoms with Crippen LogP contribution < -0.4 is 0 Å².